The SMILES string of the molecule is CCCn1ccn2cc(C(=O)NCc3ccc(F)cc3)c(=O)c(OCc3ccccc3)c2c1=O. The summed E-state index contributed by atoms with van der Waals surface area (Å²) in [7, 11) is 0. The average Bonchev–Trinajstić information content (AvgIpc) is 2.85. The van der Waals surface area contributed by atoms with Gasteiger partial charge in [0, 0.05) is 31.7 Å². The summed E-state index contributed by atoms with van der Waals surface area (Å²) in [5.74, 6) is -1.17. The lowest BCUT2D eigenvalue weighted by Crippen LogP contribution is -2.32. The lowest BCUT2D eigenvalue weighted by Gasteiger charge is -2.14. The second-order valence-corrected chi connectivity index (χ2v) is 7.84. The standard InChI is InChI=1S/C26H24FN3O4/c1-2-12-29-13-14-30-16-21(25(32)28-15-18-8-10-20(27)11-9-18)23(31)24(22(30)26(29)33)34-17-19-6-4-3-5-7-19/h3-11,13-14,16H,2,12,15,17H2,1H3,(H,28,32). The van der Waals surface area contributed by atoms with Crippen molar-refractivity contribution >= 4 is 11.4 Å². The number of carbonyl (C=O) groups is 1. The number of benzene rings is 2. The van der Waals surface area contributed by atoms with Crippen LogP contribution < -0.4 is 21.0 Å². The molecule has 2 aromatic heterocycles. The molecule has 2 heterocycles. The molecule has 0 bridgehead atoms. The minimum absolute atomic E-state index is 0.0640. The monoisotopic (exact) mass is 461 g/mol. The normalized spacial score (nSPS) is 10.9. The first-order valence-corrected chi connectivity index (χ1v) is 11.0. The number of nitrogens with zero attached hydrogens (tertiary/aromatic N) is 2. The molecule has 0 aliphatic carbocycles. The van der Waals surface area contributed by atoms with E-state index in [0.29, 0.717) is 12.1 Å². The number of ether oxygens (including phenoxy) is 1. The summed E-state index contributed by atoms with van der Waals surface area (Å²) in [4.78, 5) is 39.3. The summed E-state index contributed by atoms with van der Waals surface area (Å²) in [6.45, 7) is 2.61. The number of rotatable bonds is 8. The van der Waals surface area contributed by atoms with Crippen molar-refractivity contribution in [2.75, 3.05) is 0 Å². The molecule has 0 spiro atoms. The van der Waals surface area contributed by atoms with Gasteiger partial charge in [0.2, 0.25) is 5.43 Å². The highest BCUT2D eigenvalue weighted by Crippen LogP contribution is 2.16. The predicted octanol–water partition coefficient (Wildman–Crippen LogP) is 3.52. The Hall–Kier alpha value is -4.20. The first-order valence-electron chi connectivity index (χ1n) is 11.0. The molecule has 2 aromatic carbocycles. The van der Waals surface area contributed by atoms with E-state index in [-0.39, 0.29) is 41.4 Å². The van der Waals surface area contributed by atoms with E-state index in [0.717, 1.165) is 12.0 Å². The number of hydrogen-bond acceptors (Lipinski definition) is 4. The van der Waals surface area contributed by atoms with Crippen LogP contribution in [-0.4, -0.2) is 14.9 Å². The van der Waals surface area contributed by atoms with Crippen LogP contribution in [0.1, 0.15) is 34.8 Å². The number of halogens is 1. The minimum Gasteiger partial charge on any atom is -0.483 e. The quantitative estimate of drug-likeness (QED) is 0.435. The molecule has 0 saturated heterocycles. The topological polar surface area (TPSA) is 81.8 Å². The van der Waals surface area contributed by atoms with Crippen molar-refractivity contribution in [2.24, 2.45) is 0 Å². The molecule has 1 N–H and O–H groups in total. The largest absolute Gasteiger partial charge is 0.483 e. The lowest BCUT2D eigenvalue weighted by molar-refractivity contribution is 0.0948. The molecule has 4 rings (SSSR count). The zero-order chi connectivity index (χ0) is 24.1. The summed E-state index contributed by atoms with van der Waals surface area (Å²) in [6.07, 6.45) is 5.32. The minimum atomic E-state index is -0.668. The van der Waals surface area contributed by atoms with Gasteiger partial charge in [0.25, 0.3) is 11.5 Å². The third-order valence-corrected chi connectivity index (χ3v) is 5.36. The highest BCUT2D eigenvalue weighted by atomic mass is 19.1. The van der Waals surface area contributed by atoms with E-state index in [4.69, 9.17) is 4.74 Å². The first kappa shape index (κ1) is 23.0. The van der Waals surface area contributed by atoms with Crippen molar-refractivity contribution in [1.82, 2.24) is 14.3 Å². The van der Waals surface area contributed by atoms with Crippen molar-refractivity contribution in [3.8, 4) is 5.75 Å². The fraction of sp³-hybridized carbons (Fsp3) is 0.192. The van der Waals surface area contributed by atoms with Crippen LogP contribution >= 0.6 is 0 Å². The Morgan fingerprint density at radius 3 is 2.44 bits per heavy atom. The van der Waals surface area contributed by atoms with Gasteiger partial charge < -0.3 is 19.0 Å². The van der Waals surface area contributed by atoms with Gasteiger partial charge in [-0.2, -0.15) is 0 Å². The molecule has 0 aliphatic rings. The highest BCUT2D eigenvalue weighted by molar-refractivity contribution is 5.94. The van der Waals surface area contributed by atoms with E-state index in [1.807, 2.05) is 37.3 Å². The van der Waals surface area contributed by atoms with Gasteiger partial charge in [-0.15, -0.1) is 0 Å². The maximum atomic E-state index is 13.3. The molecule has 0 atom stereocenters. The number of aromatic nitrogens is 2. The van der Waals surface area contributed by atoms with Crippen LogP contribution in [0.3, 0.4) is 0 Å². The van der Waals surface area contributed by atoms with Gasteiger partial charge in [-0.1, -0.05) is 49.4 Å². The van der Waals surface area contributed by atoms with E-state index in [1.165, 1.54) is 27.3 Å². The van der Waals surface area contributed by atoms with E-state index in [2.05, 4.69) is 5.32 Å². The number of hydrogen-bond donors (Lipinski definition) is 1. The number of nitrogens with one attached hydrogen (secondary N) is 1. The second-order valence-electron chi connectivity index (χ2n) is 7.84. The summed E-state index contributed by atoms with van der Waals surface area (Å²) in [5.41, 5.74) is 0.374. The van der Waals surface area contributed by atoms with Crippen molar-refractivity contribution in [2.45, 2.75) is 33.0 Å². The number of aryl methyl sites for hydroxylation is 1. The van der Waals surface area contributed by atoms with E-state index in [1.54, 1.807) is 24.5 Å². The Morgan fingerprint density at radius 1 is 1.00 bits per heavy atom. The average molecular weight is 461 g/mol. The lowest BCUT2D eigenvalue weighted by atomic mass is 10.2. The fourth-order valence-electron chi connectivity index (χ4n) is 3.61. The van der Waals surface area contributed by atoms with Crippen LogP contribution in [0.15, 0.2) is 82.8 Å². The van der Waals surface area contributed by atoms with Gasteiger partial charge in [-0.3, -0.25) is 14.4 Å². The molecule has 0 saturated carbocycles. The molecule has 0 aliphatic heterocycles. The summed E-state index contributed by atoms with van der Waals surface area (Å²) >= 11 is 0. The molecule has 1 amide bonds. The van der Waals surface area contributed by atoms with Crippen LogP contribution in [0, 0.1) is 5.82 Å². The van der Waals surface area contributed by atoms with Crippen LogP contribution in [0.4, 0.5) is 4.39 Å². The summed E-state index contributed by atoms with van der Waals surface area (Å²) in [6, 6.07) is 14.9. The van der Waals surface area contributed by atoms with Crippen molar-refractivity contribution < 1.29 is 13.9 Å². The summed E-state index contributed by atoms with van der Waals surface area (Å²) < 4.78 is 21.9. The number of carbonyl (C=O) groups excluding carboxylic acids is 1. The van der Waals surface area contributed by atoms with Crippen molar-refractivity contribution in [3.63, 3.8) is 0 Å². The zero-order valence-electron chi connectivity index (χ0n) is 18.7. The number of amides is 1. The maximum absolute atomic E-state index is 13.3. The van der Waals surface area contributed by atoms with Gasteiger partial charge in [0.1, 0.15) is 18.0 Å². The molecule has 0 fully saturated rings. The number of pyridine rings is 1. The van der Waals surface area contributed by atoms with Gasteiger partial charge in [0.15, 0.2) is 11.3 Å². The Bertz CT molecular complexity index is 1430. The second kappa shape index (κ2) is 10.2. The fourth-order valence-corrected chi connectivity index (χ4v) is 3.61. The molecule has 7 nitrogen and oxygen atoms in total. The predicted molar refractivity (Wildman–Crippen MR) is 127 cm³/mol. The van der Waals surface area contributed by atoms with Gasteiger partial charge in [-0.25, -0.2) is 4.39 Å². The smallest absolute Gasteiger partial charge is 0.278 e. The Balaban J connectivity index is 1.73. The molecule has 0 unspecified atom stereocenters. The third kappa shape index (κ3) is 4.91. The van der Waals surface area contributed by atoms with E-state index in [9.17, 15) is 18.8 Å². The van der Waals surface area contributed by atoms with Crippen LogP contribution in [0.2, 0.25) is 0 Å². The van der Waals surface area contributed by atoms with Crippen LogP contribution in [0.25, 0.3) is 5.52 Å². The third-order valence-electron chi connectivity index (χ3n) is 5.36. The van der Waals surface area contributed by atoms with Crippen LogP contribution in [0.5, 0.6) is 5.75 Å². The Kier molecular flexibility index (Phi) is 6.87. The molecule has 34 heavy (non-hydrogen) atoms. The number of fused-ring (bicyclic) bond motifs is 1. The maximum Gasteiger partial charge on any atom is 0.278 e. The molecule has 0 radical (unpaired) electrons. The molecular formula is C26H24FN3O4. The summed E-state index contributed by atoms with van der Waals surface area (Å²) in [5, 5.41) is 2.67. The molecule has 8 heteroatoms. The van der Waals surface area contributed by atoms with E-state index < -0.39 is 11.3 Å². The van der Waals surface area contributed by atoms with Crippen molar-refractivity contribution in [3.05, 3.63) is 116 Å². The highest BCUT2D eigenvalue weighted by Gasteiger charge is 2.21. The first-order chi connectivity index (χ1) is 16.5. The van der Waals surface area contributed by atoms with Gasteiger partial charge in [-0.05, 0) is 29.7 Å². The van der Waals surface area contributed by atoms with E-state index >= 15 is 0 Å². The van der Waals surface area contributed by atoms with Crippen LogP contribution in [-0.2, 0) is 19.7 Å². The zero-order valence-corrected chi connectivity index (χ0v) is 18.7. The van der Waals surface area contributed by atoms with Gasteiger partial charge >= 0.3 is 0 Å². The van der Waals surface area contributed by atoms with Crippen molar-refractivity contribution in [1.29, 1.82) is 0 Å². The molecule has 174 valence electrons. The Labute approximate surface area is 195 Å². The molecule has 4 aromatic rings. The van der Waals surface area contributed by atoms with Gasteiger partial charge in [0.05, 0.1) is 0 Å². The Morgan fingerprint density at radius 2 is 1.74 bits per heavy atom. The molecular weight excluding hydrogens is 437 g/mol.